The summed E-state index contributed by atoms with van der Waals surface area (Å²) in [6.45, 7) is 1.26. The number of carbonyl (C=O) groups excluding carboxylic acids is 2. The highest BCUT2D eigenvalue weighted by molar-refractivity contribution is 5.95. The van der Waals surface area contributed by atoms with Crippen molar-refractivity contribution >= 4 is 17.5 Å². The van der Waals surface area contributed by atoms with Gasteiger partial charge in [0, 0.05) is 12.1 Å². The van der Waals surface area contributed by atoms with Crippen LogP contribution in [0.4, 0.5) is 5.69 Å². The second-order valence-electron chi connectivity index (χ2n) is 6.82. The Morgan fingerprint density at radius 1 is 0.967 bits per heavy atom. The second-order valence-corrected chi connectivity index (χ2v) is 6.82. The normalized spacial score (nSPS) is 10.4. The molecule has 8 nitrogen and oxygen atoms in total. The number of anilines is 1. The summed E-state index contributed by atoms with van der Waals surface area (Å²) in [7, 11) is 6.99. The minimum atomic E-state index is -0.343. The Hall–Kier alpha value is -3.26. The quantitative estimate of drug-likeness (QED) is 0.548. The summed E-state index contributed by atoms with van der Waals surface area (Å²) in [4.78, 5) is 26.6. The van der Waals surface area contributed by atoms with Crippen LogP contribution in [-0.4, -0.2) is 64.7 Å². The van der Waals surface area contributed by atoms with E-state index >= 15 is 0 Å². The van der Waals surface area contributed by atoms with Gasteiger partial charge >= 0.3 is 0 Å². The molecule has 8 heteroatoms. The van der Waals surface area contributed by atoms with Crippen molar-refractivity contribution in [1.29, 1.82) is 0 Å². The van der Waals surface area contributed by atoms with Gasteiger partial charge in [0.2, 0.25) is 0 Å². The molecule has 0 unspecified atom stereocenters. The van der Waals surface area contributed by atoms with E-state index in [0.29, 0.717) is 35.0 Å². The van der Waals surface area contributed by atoms with Gasteiger partial charge in [0.25, 0.3) is 11.8 Å². The maximum atomic E-state index is 12.3. The molecule has 162 valence electrons. The van der Waals surface area contributed by atoms with Crippen molar-refractivity contribution < 1.29 is 23.8 Å². The summed E-state index contributed by atoms with van der Waals surface area (Å²) in [6.07, 6.45) is 0.860. The molecule has 0 spiro atoms. The number of amides is 2. The number of hydrogen-bond acceptors (Lipinski definition) is 6. The fourth-order valence-corrected chi connectivity index (χ4v) is 2.70. The molecule has 2 rings (SSSR count). The lowest BCUT2D eigenvalue weighted by Crippen LogP contribution is -2.27. The summed E-state index contributed by atoms with van der Waals surface area (Å²) in [6, 6.07) is 11.9. The van der Waals surface area contributed by atoms with E-state index in [-0.39, 0.29) is 18.4 Å². The molecule has 0 saturated carbocycles. The van der Waals surface area contributed by atoms with E-state index in [1.807, 2.05) is 20.2 Å². The topological polar surface area (TPSA) is 89.1 Å². The van der Waals surface area contributed by atoms with E-state index in [1.165, 1.54) is 14.2 Å². The Balaban J connectivity index is 1.93. The third kappa shape index (κ3) is 6.97. The SMILES string of the molecule is COc1ccccc1NC(=O)COc1ccc(C(=O)NCCCN(C)C)cc1OC. The summed E-state index contributed by atoms with van der Waals surface area (Å²) in [5, 5.41) is 5.61. The first kappa shape index (κ1) is 23.0. The van der Waals surface area contributed by atoms with Crippen molar-refractivity contribution in [2.45, 2.75) is 6.42 Å². The number of nitrogens with zero attached hydrogens (tertiary/aromatic N) is 1. The molecule has 0 aromatic heterocycles. The maximum absolute atomic E-state index is 12.3. The van der Waals surface area contributed by atoms with E-state index < -0.39 is 0 Å². The molecule has 0 bridgehead atoms. The van der Waals surface area contributed by atoms with Crippen LogP contribution in [0.5, 0.6) is 17.2 Å². The Kier molecular flexibility index (Phi) is 8.96. The molecule has 0 saturated heterocycles. The summed E-state index contributed by atoms with van der Waals surface area (Å²) >= 11 is 0. The molecule has 0 radical (unpaired) electrons. The van der Waals surface area contributed by atoms with Gasteiger partial charge in [-0.25, -0.2) is 0 Å². The van der Waals surface area contributed by atoms with Gasteiger partial charge in [0.15, 0.2) is 18.1 Å². The van der Waals surface area contributed by atoms with Crippen molar-refractivity contribution in [2.75, 3.05) is 53.3 Å². The molecule has 2 aromatic rings. The fourth-order valence-electron chi connectivity index (χ4n) is 2.70. The van der Waals surface area contributed by atoms with E-state index in [4.69, 9.17) is 14.2 Å². The highest BCUT2D eigenvalue weighted by Crippen LogP contribution is 2.28. The first-order valence-electron chi connectivity index (χ1n) is 9.61. The standard InChI is InChI=1S/C22H29N3O5/c1-25(2)13-7-12-23-22(27)16-10-11-19(20(14-16)29-4)30-15-21(26)24-17-8-5-6-9-18(17)28-3/h5-6,8-11,14H,7,12-13,15H2,1-4H3,(H,23,27)(H,24,26). The largest absolute Gasteiger partial charge is 0.495 e. The lowest BCUT2D eigenvalue weighted by Gasteiger charge is -2.14. The van der Waals surface area contributed by atoms with Crippen LogP contribution in [0.25, 0.3) is 0 Å². The number of methoxy groups -OCH3 is 2. The first-order chi connectivity index (χ1) is 14.4. The van der Waals surface area contributed by atoms with E-state index in [2.05, 4.69) is 15.5 Å². The molecule has 2 aromatic carbocycles. The van der Waals surface area contributed by atoms with Gasteiger partial charge in [-0.2, -0.15) is 0 Å². The lowest BCUT2D eigenvalue weighted by molar-refractivity contribution is -0.118. The number of rotatable bonds is 11. The van der Waals surface area contributed by atoms with Crippen LogP contribution in [0.3, 0.4) is 0 Å². The Labute approximate surface area is 177 Å². The molecule has 0 aliphatic rings. The molecule has 0 heterocycles. The molecule has 0 aliphatic heterocycles. The highest BCUT2D eigenvalue weighted by atomic mass is 16.5. The predicted octanol–water partition coefficient (Wildman–Crippen LogP) is 2.40. The molecule has 2 N–H and O–H groups in total. The van der Waals surface area contributed by atoms with Crippen LogP contribution in [0.1, 0.15) is 16.8 Å². The van der Waals surface area contributed by atoms with Gasteiger partial charge in [-0.05, 0) is 57.4 Å². The van der Waals surface area contributed by atoms with Gasteiger partial charge in [-0.3, -0.25) is 9.59 Å². The van der Waals surface area contributed by atoms with Crippen molar-refractivity contribution in [1.82, 2.24) is 10.2 Å². The highest BCUT2D eigenvalue weighted by Gasteiger charge is 2.13. The number of para-hydroxylation sites is 2. The average molecular weight is 415 g/mol. The van der Waals surface area contributed by atoms with Gasteiger partial charge in [-0.15, -0.1) is 0 Å². The number of carbonyl (C=O) groups is 2. The summed E-state index contributed by atoms with van der Waals surface area (Å²) in [5.74, 6) is 0.777. The fraction of sp³-hybridized carbons (Fsp3) is 0.364. The minimum absolute atomic E-state index is 0.187. The van der Waals surface area contributed by atoms with E-state index in [9.17, 15) is 9.59 Å². The van der Waals surface area contributed by atoms with E-state index in [1.54, 1.807) is 36.4 Å². The van der Waals surface area contributed by atoms with Gasteiger partial charge in [0.05, 0.1) is 19.9 Å². The number of nitrogens with one attached hydrogen (secondary N) is 2. The number of ether oxygens (including phenoxy) is 3. The van der Waals surface area contributed by atoms with Crippen LogP contribution >= 0.6 is 0 Å². The molecule has 2 amide bonds. The van der Waals surface area contributed by atoms with Crippen LogP contribution in [-0.2, 0) is 4.79 Å². The van der Waals surface area contributed by atoms with Gasteiger partial charge < -0.3 is 29.7 Å². The smallest absolute Gasteiger partial charge is 0.262 e. The van der Waals surface area contributed by atoms with Crippen molar-refractivity contribution in [3.05, 3.63) is 48.0 Å². The van der Waals surface area contributed by atoms with E-state index in [0.717, 1.165) is 13.0 Å². The third-order valence-electron chi connectivity index (χ3n) is 4.23. The molecule has 30 heavy (non-hydrogen) atoms. The maximum Gasteiger partial charge on any atom is 0.262 e. The van der Waals surface area contributed by atoms with Crippen molar-refractivity contribution in [3.8, 4) is 17.2 Å². The van der Waals surface area contributed by atoms with Crippen molar-refractivity contribution in [2.24, 2.45) is 0 Å². The van der Waals surface area contributed by atoms with Crippen LogP contribution in [0.2, 0.25) is 0 Å². The predicted molar refractivity (Wildman–Crippen MR) is 116 cm³/mol. The lowest BCUT2D eigenvalue weighted by atomic mass is 10.2. The molecule has 0 atom stereocenters. The van der Waals surface area contributed by atoms with Gasteiger partial charge in [-0.1, -0.05) is 12.1 Å². The minimum Gasteiger partial charge on any atom is -0.495 e. The molecule has 0 aliphatic carbocycles. The average Bonchev–Trinajstić information content (AvgIpc) is 2.75. The summed E-state index contributed by atoms with van der Waals surface area (Å²) < 4.78 is 16.1. The third-order valence-corrected chi connectivity index (χ3v) is 4.23. The van der Waals surface area contributed by atoms with Crippen LogP contribution in [0.15, 0.2) is 42.5 Å². The van der Waals surface area contributed by atoms with Gasteiger partial charge in [0.1, 0.15) is 5.75 Å². The molecular formula is C22H29N3O5. The van der Waals surface area contributed by atoms with Crippen molar-refractivity contribution in [3.63, 3.8) is 0 Å². The molecular weight excluding hydrogens is 386 g/mol. The zero-order valence-electron chi connectivity index (χ0n) is 17.9. The first-order valence-corrected chi connectivity index (χ1v) is 9.61. The zero-order valence-corrected chi connectivity index (χ0v) is 17.9. The summed E-state index contributed by atoms with van der Waals surface area (Å²) in [5.41, 5.74) is 1.02. The Morgan fingerprint density at radius 2 is 1.70 bits per heavy atom. The van der Waals surface area contributed by atoms with Crippen LogP contribution in [0, 0.1) is 0 Å². The number of benzene rings is 2. The van der Waals surface area contributed by atoms with Crippen LogP contribution < -0.4 is 24.8 Å². The Morgan fingerprint density at radius 3 is 2.40 bits per heavy atom. The number of hydrogen-bond donors (Lipinski definition) is 2. The Bertz CT molecular complexity index is 854. The molecule has 0 fully saturated rings. The monoisotopic (exact) mass is 415 g/mol. The zero-order chi connectivity index (χ0) is 21.9. The second kappa shape index (κ2) is 11.7.